The van der Waals surface area contributed by atoms with Crippen molar-refractivity contribution in [3.8, 4) is 11.1 Å². The molecule has 0 saturated carbocycles. The van der Waals surface area contributed by atoms with Crippen LogP contribution in [0.4, 0.5) is 0 Å². The fourth-order valence-corrected chi connectivity index (χ4v) is 3.06. The molecule has 0 fully saturated rings. The first kappa shape index (κ1) is 13.9. The van der Waals surface area contributed by atoms with Crippen LogP contribution in [0, 0.1) is 6.92 Å². The molecular weight excluding hydrogens is 294 g/mol. The highest BCUT2D eigenvalue weighted by molar-refractivity contribution is 5.94. The van der Waals surface area contributed by atoms with Gasteiger partial charge in [-0.2, -0.15) is 0 Å². The topological polar surface area (TPSA) is 91.2 Å². The molecule has 0 radical (unpaired) electrons. The maximum Gasteiger partial charge on any atom is 0.267 e. The highest BCUT2D eigenvalue weighted by atomic mass is 16.5. The lowest BCUT2D eigenvalue weighted by atomic mass is 9.93. The predicted molar refractivity (Wildman–Crippen MR) is 83.9 cm³/mol. The van der Waals surface area contributed by atoms with Crippen molar-refractivity contribution in [3.05, 3.63) is 46.9 Å². The number of hydrogen-bond acceptors (Lipinski definition) is 5. The largest absolute Gasteiger partial charge is 0.376 e. The summed E-state index contributed by atoms with van der Waals surface area (Å²) in [5.41, 5.74) is 11.2. The number of aryl methyl sites for hydroxylation is 1. The predicted octanol–water partition coefficient (Wildman–Crippen LogP) is 2.37. The summed E-state index contributed by atoms with van der Waals surface area (Å²) < 4.78 is 10.8. The zero-order valence-corrected chi connectivity index (χ0v) is 12.6. The van der Waals surface area contributed by atoms with Crippen molar-refractivity contribution in [2.24, 2.45) is 5.73 Å². The van der Waals surface area contributed by atoms with Crippen LogP contribution in [-0.2, 0) is 17.8 Å². The average molecular weight is 309 g/mol. The Morgan fingerprint density at radius 3 is 3.00 bits per heavy atom. The molecule has 23 heavy (non-hydrogen) atoms. The van der Waals surface area contributed by atoms with Gasteiger partial charge in [-0.15, -0.1) is 0 Å². The Bertz CT molecular complexity index is 930. The van der Waals surface area contributed by atoms with Gasteiger partial charge in [-0.3, -0.25) is 9.78 Å². The van der Waals surface area contributed by atoms with E-state index in [-0.39, 0.29) is 0 Å². The first-order chi connectivity index (χ1) is 11.1. The molecule has 1 aliphatic rings. The van der Waals surface area contributed by atoms with E-state index in [9.17, 15) is 4.79 Å². The van der Waals surface area contributed by atoms with Crippen LogP contribution in [0.5, 0.6) is 0 Å². The molecule has 1 aliphatic heterocycles. The molecule has 3 aromatic rings. The fraction of sp³-hybridized carbons (Fsp3) is 0.235. The molecule has 1 amide bonds. The van der Waals surface area contributed by atoms with E-state index in [0.717, 1.165) is 38.9 Å². The number of carbonyl (C=O) groups is 1. The maximum absolute atomic E-state index is 11.6. The summed E-state index contributed by atoms with van der Waals surface area (Å²) in [6.45, 7) is 2.93. The number of carbonyl (C=O) groups excluding carboxylic acids is 1. The van der Waals surface area contributed by atoms with Crippen LogP contribution in [-0.4, -0.2) is 22.7 Å². The van der Waals surface area contributed by atoms with E-state index in [4.69, 9.17) is 15.0 Å². The summed E-state index contributed by atoms with van der Waals surface area (Å²) in [5.74, 6) is -0.500. The Morgan fingerprint density at radius 1 is 1.30 bits per heavy atom. The van der Waals surface area contributed by atoms with Crippen molar-refractivity contribution in [2.45, 2.75) is 20.0 Å². The van der Waals surface area contributed by atoms with Crippen molar-refractivity contribution in [1.82, 2.24) is 10.1 Å². The lowest BCUT2D eigenvalue weighted by molar-refractivity contribution is 0.0979. The number of hydrogen-bond donors (Lipinski definition) is 1. The fourth-order valence-electron chi connectivity index (χ4n) is 3.06. The summed E-state index contributed by atoms with van der Waals surface area (Å²) in [7, 11) is 0. The van der Waals surface area contributed by atoms with Gasteiger partial charge in [-0.25, -0.2) is 0 Å². The minimum Gasteiger partial charge on any atom is -0.376 e. The smallest absolute Gasteiger partial charge is 0.267 e. The van der Waals surface area contributed by atoms with Gasteiger partial charge in [0.1, 0.15) is 5.69 Å². The summed E-state index contributed by atoms with van der Waals surface area (Å²) in [6.07, 6.45) is 2.33. The van der Waals surface area contributed by atoms with Crippen LogP contribution in [0.25, 0.3) is 22.1 Å². The van der Waals surface area contributed by atoms with Gasteiger partial charge in [0.2, 0.25) is 0 Å². The number of fused-ring (bicyclic) bond motifs is 2. The number of nitrogens with zero attached hydrogens (tertiary/aromatic N) is 2. The average Bonchev–Trinajstić information content (AvgIpc) is 2.94. The highest BCUT2D eigenvalue weighted by Crippen LogP contribution is 2.32. The van der Waals surface area contributed by atoms with Crippen LogP contribution in [0.15, 0.2) is 28.9 Å². The van der Waals surface area contributed by atoms with Crippen LogP contribution >= 0.6 is 0 Å². The third-order valence-electron chi connectivity index (χ3n) is 4.24. The van der Waals surface area contributed by atoms with E-state index in [1.165, 1.54) is 0 Å². The molecule has 4 rings (SSSR count). The second-order valence-corrected chi connectivity index (χ2v) is 5.62. The first-order valence-electron chi connectivity index (χ1n) is 7.40. The van der Waals surface area contributed by atoms with Crippen LogP contribution < -0.4 is 5.73 Å². The van der Waals surface area contributed by atoms with E-state index in [0.29, 0.717) is 25.3 Å². The lowest BCUT2D eigenvalue weighted by Gasteiger charge is -2.21. The molecule has 3 heterocycles. The van der Waals surface area contributed by atoms with E-state index < -0.39 is 5.91 Å². The first-order valence-corrected chi connectivity index (χ1v) is 7.40. The van der Waals surface area contributed by atoms with E-state index in [1.807, 2.05) is 25.1 Å². The molecular formula is C17H15N3O3. The minimum atomic E-state index is -0.500. The van der Waals surface area contributed by atoms with E-state index in [2.05, 4.69) is 10.1 Å². The van der Waals surface area contributed by atoms with Gasteiger partial charge in [0.05, 0.1) is 18.9 Å². The van der Waals surface area contributed by atoms with Crippen molar-refractivity contribution in [2.75, 3.05) is 6.61 Å². The molecule has 116 valence electrons. The SMILES string of the molecule is Cc1noc2ccc(-c3cnc(C(N)=O)c4c3COCC4)cc12. The van der Waals surface area contributed by atoms with Crippen molar-refractivity contribution >= 4 is 16.9 Å². The van der Waals surface area contributed by atoms with Gasteiger partial charge in [-0.1, -0.05) is 11.2 Å². The highest BCUT2D eigenvalue weighted by Gasteiger charge is 2.22. The van der Waals surface area contributed by atoms with E-state index in [1.54, 1.807) is 6.20 Å². The number of pyridine rings is 1. The Labute approximate surface area is 132 Å². The number of ether oxygens (including phenoxy) is 1. The second-order valence-electron chi connectivity index (χ2n) is 5.62. The monoisotopic (exact) mass is 309 g/mol. The molecule has 0 aliphatic carbocycles. The molecule has 0 saturated heterocycles. The molecule has 2 aromatic heterocycles. The number of primary amides is 1. The van der Waals surface area contributed by atoms with Gasteiger partial charge >= 0.3 is 0 Å². The molecule has 2 N–H and O–H groups in total. The zero-order valence-electron chi connectivity index (χ0n) is 12.6. The number of benzene rings is 1. The second kappa shape index (κ2) is 5.17. The number of nitrogens with two attached hydrogens (primary N) is 1. The molecule has 0 atom stereocenters. The van der Waals surface area contributed by atoms with Gasteiger partial charge in [0.25, 0.3) is 5.91 Å². The third kappa shape index (κ3) is 2.19. The summed E-state index contributed by atoms with van der Waals surface area (Å²) >= 11 is 0. The normalized spacial score (nSPS) is 14.0. The molecule has 0 unspecified atom stereocenters. The molecule has 0 spiro atoms. The Morgan fingerprint density at radius 2 is 2.17 bits per heavy atom. The number of aromatic nitrogens is 2. The van der Waals surface area contributed by atoms with Gasteiger partial charge in [-0.05, 0) is 42.2 Å². The lowest BCUT2D eigenvalue weighted by Crippen LogP contribution is -2.21. The third-order valence-corrected chi connectivity index (χ3v) is 4.24. The Kier molecular flexibility index (Phi) is 3.12. The van der Waals surface area contributed by atoms with Crippen molar-refractivity contribution < 1.29 is 14.1 Å². The quantitative estimate of drug-likeness (QED) is 0.784. The number of amides is 1. The summed E-state index contributed by atoms with van der Waals surface area (Å²) in [4.78, 5) is 15.9. The Balaban J connectivity index is 1.93. The molecule has 6 nitrogen and oxygen atoms in total. The summed E-state index contributed by atoms with van der Waals surface area (Å²) in [5, 5.41) is 4.94. The van der Waals surface area contributed by atoms with Crippen LogP contribution in [0.3, 0.4) is 0 Å². The Hall–Kier alpha value is -2.73. The maximum atomic E-state index is 11.6. The standard InChI is InChI=1S/C17H15N3O3/c1-9-12-6-10(2-3-15(12)23-20-9)13-7-19-16(17(18)21)11-4-5-22-8-14(11)13/h2-3,6-7H,4-5,8H2,1H3,(H2,18,21). The van der Waals surface area contributed by atoms with Gasteiger partial charge in [0, 0.05) is 17.1 Å². The number of rotatable bonds is 2. The van der Waals surface area contributed by atoms with Gasteiger partial charge in [0.15, 0.2) is 5.58 Å². The van der Waals surface area contributed by atoms with Crippen LogP contribution in [0.2, 0.25) is 0 Å². The van der Waals surface area contributed by atoms with Crippen molar-refractivity contribution in [3.63, 3.8) is 0 Å². The van der Waals surface area contributed by atoms with Gasteiger partial charge < -0.3 is 15.0 Å². The van der Waals surface area contributed by atoms with Crippen LogP contribution in [0.1, 0.15) is 27.3 Å². The molecule has 1 aromatic carbocycles. The minimum absolute atomic E-state index is 0.342. The zero-order chi connectivity index (χ0) is 16.0. The van der Waals surface area contributed by atoms with E-state index >= 15 is 0 Å². The molecule has 6 heteroatoms. The molecule has 0 bridgehead atoms. The van der Waals surface area contributed by atoms with Crippen molar-refractivity contribution in [1.29, 1.82) is 0 Å². The summed E-state index contributed by atoms with van der Waals surface area (Å²) in [6, 6.07) is 5.88.